The molecule has 2 rings (SSSR count). The van der Waals surface area contributed by atoms with Crippen molar-refractivity contribution in [3.63, 3.8) is 0 Å². The van der Waals surface area contributed by atoms with Gasteiger partial charge in [0.1, 0.15) is 0 Å². The average molecular weight is 327 g/mol. The zero-order valence-corrected chi connectivity index (χ0v) is 12.1. The summed E-state index contributed by atoms with van der Waals surface area (Å²) in [6.45, 7) is 2.24. The van der Waals surface area contributed by atoms with E-state index < -0.39 is 5.97 Å². The Balaban J connectivity index is 2.06. The van der Waals surface area contributed by atoms with Gasteiger partial charge >= 0.3 is 12.0 Å². The number of hydrogen-bond acceptors (Lipinski definition) is 2. The van der Waals surface area contributed by atoms with Gasteiger partial charge in [-0.3, -0.25) is 4.79 Å². The van der Waals surface area contributed by atoms with Crippen molar-refractivity contribution in [2.45, 2.75) is 25.4 Å². The van der Waals surface area contributed by atoms with Crippen molar-refractivity contribution in [2.75, 3.05) is 6.54 Å². The zero-order chi connectivity index (χ0) is 14.0. The first-order chi connectivity index (χ1) is 8.97. The van der Waals surface area contributed by atoms with Crippen LogP contribution in [0.1, 0.15) is 24.9 Å². The minimum atomic E-state index is -0.896. The standard InChI is InChI=1S/C13H15BrN2O3/c1-8(6-12(17)18)16-7-11(15-13(16)19)9-2-4-10(14)5-3-9/h2-5,8,11H,6-7H2,1H3,(H,15,19)(H,17,18). The third-order valence-electron chi connectivity index (χ3n) is 3.21. The summed E-state index contributed by atoms with van der Waals surface area (Å²) in [4.78, 5) is 24.1. The molecular weight excluding hydrogens is 312 g/mol. The molecule has 0 spiro atoms. The van der Waals surface area contributed by atoms with Gasteiger partial charge in [0.25, 0.3) is 0 Å². The molecule has 2 N–H and O–H groups in total. The SMILES string of the molecule is CC(CC(=O)O)N1CC(c2ccc(Br)cc2)NC1=O. The van der Waals surface area contributed by atoms with E-state index in [9.17, 15) is 9.59 Å². The minimum Gasteiger partial charge on any atom is -0.481 e. The number of aliphatic carboxylic acids is 1. The number of carbonyl (C=O) groups is 2. The summed E-state index contributed by atoms with van der Waals surface area (Å²) in [5.74, 6) is -0.896. The fourth-order valence-electron chi connectivity index (χ4n) is 2.18. The van der Waals surface area contributed by atoms with E-state index >= 15 is 0 Å². The molecule has 1 saturated heterocycles. The topological polar surface area (TPSA) is 69.6 Å². The Morgan fingerprint density at radius 1 is 1.53 bits per heavy atom. The van der Waals surface area contributed by atoms with Gasteiger partial charge in [-0.05, 0) is 24.6 Å². The molecule has 2 atom stereocenters. The first kappa shape index (κ1) is 13.9. The molecule has 1 aliphatic rings. The monoisotopic (exact) mass is 326 g/mol. The van der Waals surface area contributed by atoms with E-state index in [-0.39, 0.29) is 24.5 Å². The van der Waals surface area contributed by atoms with Crippen molar-refractivity contribution in [3.05, 3.63) is 34.3 Å². The molecule has 2 unspecified atom stereocenters. The van der Waals surface area contributed by atoms with Crippen LogP contribution in [0.15, 0.2) is 28.7 Å². The summed E-state index contributed by atoms with van der Waals surface area (Å²) >= 11 is 3.37. The van der Waals surface area contributed by atoms with Crippen molar-refractivity contribution in [2.24, 2.45) is 0 Å². The van der Waals surface area contributed by atoms with Crippen LogP contribution in [0.4, 0.5) is 4.79 Å². The maximum atomic E-state index is 11.9. The lowest BCUT2D eigenvalue weighted by Crippen LogP contribution is -2.37. The minimum absolute atomic E-state index is 0.0412. The third kappa shape index (κ3) is 3.26. The van der Waals surface area contributed by atoms with Crippen LogP contribution in [-0.4, -0.2) is 34.6 Å². The molecule has 2 amide bonds. The van der Waals surface area contributed by atoms with Gasteiger partial charge < -0.3 is 15.3 Å². The van der Waals surface area contributed by atoms with Crippen LogP contribution in [0.3, 0.4) is 0 Å². The molecule has 1 fully saturated rings. The van der Waals surface area contributed by atoms with Crippen molar-refractivity contribution in [1.29, 1.82) is 0 Å². The second kappa shape index (κ2) is 5.61. The number of urea groups is 1. The van der Waals surface area contributed by atoms with E-state index in [1.807, 2.05) is 24.3 Å². The van der Waals surface area contributed by atoms with Gasteiger partial charge in [-0.15, -0.1) is 0 Å². The number of carbonyl (C=O) groups excluding carboxylic acids is 1. The van der Waals surface area contributed by atoms with E-state index in [4.69, 9.17) is 5.11 Å². The van der Waals surface area contributed by atoms with Crippen molar-refractivity contribution < 1.29 is 14.7 Å². The summed E-state index contributed by atoms with van der Waals surface area (Å²) in [6.07, 6.45) is -0.0412. The highest BCUT2D eigenvalue weighted by Crippen LogP contribution is 2.24. The van der Waals surface area contributed by atoms with Gasteiger partial charge in [0.2, 0.25) is 0 Å². The Morgan fingerprint density at radius 2 is 2.16 bits per heavy atom. The number of benzene rings is 1. The molecule has 1 aliphatic heterocycles. The van der Waals surface area contributed by atoms with Crippen LogP contribution in [0, 0.1) is 0 Å². The number of hydrogen-bond donors (Lipinski definition) is 2. The lowest BCUT2D eigenvalue weighted by atomic mass is 10.1. The van der Waals surface area contributed by atoms with E-state index in [0.29, 0.717) is 6.54 Å². The number of nitrogens with zero attached hydrogens (tertiary/aromatic N) is 1. The molecule has 0 saturated carbocycles. The average Bonchev–Trinajstić information content (AvgIpc) is 2.71. The van der Waals surface area contributed by atoms with Crippen LogP contribution < -0.4 is 5.32 Å². The molecule has 102 valence electrons. The summed E-state index contributed by atoms with van der Waals surface area (Å²) < 4.78 is 0.983. The predicted molar refractivity (Wildman–Crippen MR) is 73.8 cm³/mol. The van der Waals surface area contributed by atoms with E-state index in [1.165, 1.54) is 0 Å². The predicted octanol–water partition coefficient (Wildman–Crippen LogP) is 2.38. The third-order valence-corrected chi connectivity index (χ3v) is 3.74. The van der Waals surface area contributed by atoms with Crippen molar-refractivity contribution >= 4 is 27.9 Å². The zero-order valence-electron chi connectivity index (χ0n) is 10.5. The molecule has 0 aromatic heterocycles. The van der Waals surface area contributed by atoms with E-state index in [0.717, 1.165) is 10.0 Å². The molecule has 1 aromatic rings. The first-order valence-electron chi connectivity index (χ1n) is 6.01. The van der Waals surface area contributed by atoms with Crippen LogP contribution in [0.2, 0.25) is 0 Å². The molecule has 0 radical (unpaired) electrons. The fraction of sp³-hybridized carbons (Fsp3) is 0.385. The Labute approximate surface area is 119 Å². The maximum absolute atomic E-state index is 11.9. The lowest BCUT2D eigenvalue weighted by molar-refractivity contribution is -0.137. The Hall–Kier alpha value is -1.56. The number of amides is 2. The summed E-state index contributed by atoms with van der Waals surface area (Å²) in [5, 5.41) is 11.7. The normalized spacial score (nSPS) is 20.2. The Bertz CT molecular complexity index is 489. The first-order valence-corrected chi connectivity index (χ1v) is 6.81. The molecule has 1 heterocycles. The van der Waals surface area contributed by atoms with Crippen LogP contribution in [0.5, 0.6) is 0 Å². The summed E-state index contributed by atoms with van der Waals surface area (Å²) in [6, 6.07) is 7.13. The van der Waals surface area contributed by atoms with E-state index in [2.05, 4.69) is 21.2 Å². The fourth-order valence-corrected chi connectivity index (χ4v) is 2.45. The highest BCUT2D eigenvalue weighted by atomic mass is 79.9. The highest BCUT2D eigenvalue weighted by Gasteiger charge is 2.33. The second-order valence-corrected chi connectivity index (χ2v) is 5.57. The van der Waals surface area contributed by atoms with Gasteiger partial charge in [-0.1, -0.05) is 28.1 Å². The Morgan fingerprint density at radius 3 is 2.74 bits per heavy atom. The second-order valence-electron chi connectivity index (χ2n) is 4.65. The Kier molecular flexibility index (Phi) is 4.09. The molecule has 0 bridgehead atoms. The quantitative estimate of drug-likeness (QED) is 0.892. The van der Waals surface area contributed by atoms with Gasteiger partial charge in [0, 0.05) is 17.1 Å². The molecular formula is C13H15BrN2O3. The maximum Gasteiger partial charge on any atom is 0.318 e. The van der Waals surface area contributed by atoms with Crippen LogP contribution >= 0.6 is 15.9 Å². The van der Waals surface area contributed by atoms with Gasteiger partial charge in [-0.2, -0.15) is 0 Å². The van der Waals surface area contributed by atoms with Gasteiger partial charge in [0.05, 0.1) is 12.5 Å². The molecule has 0 aliphatic carbocycles. The van der Waals surface area contributed by atoms with Crippen molar-refractivity contribution in [1.82, 2.24) is 10.2 Å². The molecule has 1 aromatic carbocycles. The van der Waals surface area contributed by atoms with Crippen LogP contribution in [-0.2, 0) is 4.79 Å². The molecule has 5 nitrogen and oxygen atoms in total. The number of halogens is 1. The molecule has 19 heavy (non-hydrogen) atoms. The lowest BCUT2D eigenvalue weighted by Gasteiger charge is -2.21. The number of carboxylic acids is 1. The van der Waals surface area contributed by atoms with Gasteiger partial charge in [-0.25, -0.2) is 4.79 Å². The summed E-state index contributed by atoms with van der Waals surface area (Å²) in [7, 11) is 0. The summed E-state index contributed by atoms with van der Waals surface area (Å²) in [5.41, 5.74) is 1.02. The van der Waals surface area contributed by atoms with Crippen LogP contribution in [0.25, 0.3) is 0 Å². The number of carboxylic acid groups (broad SMARTS) is 1. The largest absolute Gasteiger partial charge is 0.481 e. The number of nitrogens with one attached hydrogen (secondary N) is 1. The highest BCUT2D eigenvalue weighted by molar-refractivity contribution is 9.10. The van der Waals surface area contributed by atoms with Gasteiger partial charge in [0.15, 0.2) is 0 Å². The molecule has 6 heteroatoms. The smallest absolute Gasteiger partial charge is 0.318 e. The van der Waals surface area contributed by atoms with Crippen molar-refractivity contribution in [3.8, 4) is 0 Å². The van der Waals surface area contributed by atoms with E-state index in [1.54, 1.807) is 11.8 Å². The number of rotatable bonds is 4.